The molecule has 2 aromatic rings. The second kappa shape index (κ2) is 6.19. The summed E-state index contributed by atoms with van der Waals surface area (Å²) in [6.07, 6.45) is 1.86. The van der Waals surface area contributed by atoms with Crippen LogP contribution in [-0.2, 0) is 12.0 Å². The lowest BCUT2D eigenvalue weighted by Crippen LogP contribution is -2.38. The van der Waals surface area contributed by atoms with E-state index in [-0.39, 0.29) is 12.5 Å². The maximum atomic E-state index is 12.0. The summed E-state index contributed by atoms with van der Waals surface area (Å²) in [5, 5.41) is 23.6. The first-order valence-electron chi connectivity index (χ1n) is 6.60. The van der Waals surface area contributed by atoms with Gasteiger partial charge in [0.2, 0.25) is 0 Å². The Morgan fingerprint density at radius 2 is 2.40 bits per heavy atom. The topological polar surface area (TPSA) is 78.0 Å². The second-order valence-corrected chi connectivity index (χ2v) is 5.78. The van der Waals surface area contributed by atoms with Gasteiger partial charge in [-0.2, -0.15) is 16.4 Å². The van der Waals surface area contributed by atoms with E-state index in [9.17, 15) is 9.90 Å². The van der Waals surface area contributed by atoms with Gasteiger partial charge in [-0.25, -0.2) is 0 Å². The number of carbonyl (C=O) groups excluding carboxylic acids is 1. The van der Waals surface area contributed by atoms with Crippen LogP contribution in [0.1, 0.15) is 42.0 Å². The van der Waals surface area contributed by atoms with Crippen molar-refractivity contribution in [3.05, 3.63) is 39.8 Å². The molecule has 0 aliphatic rings. The van der Waals surface area contributed by atoms with Crippen LogP contribution in [0, 0.1) is 0 Å². The van der Waals surface area contributed by atoms with Gasteiger partial charge in [0.05, 0.1) is 6.54 Å². The third-order valence-electron chi connectivity index (χ3n) is 3.12. The maximum absolute atomic E-state index is 12.0. The van der Waals surface area contributed by atoms with Gasteiger partial charge in [-0.05, 0) is 41.8 Å². The minimum atomic E-state index is -1.07. The average Bonchev–Trinajstić information content (AvgIpc) is 3.07. The zero-order valence-electron chi connectivity index (χ0n) is 11.6. The lowest BCUT2D eigenvalue weighted by molar-refractivity contribution is 0.0528. The van der Waals surface area contributed by atoms with Crippen molar-refractivity contribution in [3.8, 4) is 0 Å². The third-order valence-corrected chi connectivity index (χ3v) is 3.80. The molecule has 0 aliphatic heterocycles. The summed E-state index contributed by atoms with van der Waals surface area (Å²) in [4.78, 5) is 12.0. The second-order valence-electron chi connectivity index (χ2n) is 5.00. The standard InChI is InChI=1S/C14H19N3O2S/c1-3-4-11-7-12(17-16-11)13(18)15-9-14(2,19)10-5-6-20-8-10/h5-8,19H,3-4,9H2,1-2H3,(H,15,18)(H,16,17). The Morgan fingerprint density at radius 3 is 3.05 bits per heavy atom. The summed E-state index contributed by atoms with van der Waals surface area (Å²) in [5.41, 5.74) is 1.03. The quantitative estimate of drug-likeness (QED) is 0.763. The highest BCUT2D eigenvalue weighted by atomic mass is 32.1. The molecule has 0 saturated carbocycles. The number of hydrogen-bond acceptors (Lipinski definition) is 4. The van der Waals surface area contributed by atoms with Crippen LogP contribution in [0.15, 0.2) is 22.9 Å². The number of hydrogen-bond donors (Lipinski definition) is 3. The zero-order valence-corrected chi connectivity index (χ0v) is 12.5. The number of aromatic amines is 1. The molecule has 5 nitrogen and oxygen atoms in total. The molecule has 1 atom stereocenters. The van der Waals surface area contributed by atoms with E-state index in [1.165, 1.54) is 11.3 Å². The summed E-state index contributed by atoms with van der Waals surface area (Å²) in [7, 11) is 0. The normalized spacial score (nSPS) is 13.9. The number of carbonyl (C=O) groups is 1. The molecule has 2 aromatic heterocycles. The number of thiophene rings is 1. The van der Waals surface area contributed by atoms with Gasteiger partial charge >= 0.3 is 0 Å². The molecule has 3 N–H and O–H groups in total. The summed E-state index contributed by atoms with van der Waals surface area (Å²) < 4.78 is 0. The molecular formula is C14H19N3O2S. The molecule has 6 heteroatoms. The van der Waals surface area contributed by atoms with E-state index < -0.39 is 5.60 Å². The lowest BCUT2D eigenvalue weighted by Gasteiger charge is -2.22. The summed E-state index contributed by atoms with van der Waals surface area (Å²) in [6, 6.07) is 3.60. The van der Waals surface area contributed by atoms with E-state index in [1.54, 1.807) is 13.0 Å². The van der Waals surface area contributed by atoms with Crippen LogP contribution in [0.3, 0.4) is 0 Å². The Balaban J connectivity index is 1.94. The van der Waals surface area contributed by atoms with Gasteiger partial charge < -0.3 is 10.4 Å². The maximum Gasteiger partial charge on any atom is 0.271 e. The average molecular weight is 293 g/mol. The van der Waals surface area contributed by atoms with Crippen molar-refractivity contribution in [1.82, 2.24) is 15.5 Å². The molecule has 2 rings (SSSR count). The molecule has 2 heterocycles. The molecule has 0 aliphatic carbocycles. The van der Waals surface area contributed by atoms with Crippen molar-refractivity contribution >= 4 is 17.2 Å². The van der Waals surface area contributed by atoms with Gasteiger partial charge in [0.15, 0.2) is 0 Å². The van der Waals surface area contributed by atoms with Crippen molar-refractivity contribution in [2.45, 2.75) is 32.3 Å². The molecule has 0 saturated heterocycles. The van der Waals surface area contributed by atoms with E-state index in [1.807, 2.05) is 16.8 Å². The van der Waals surface area contributed by atoms with Crippen molar-refractivity contribution in [1.29, 1.82) is 0 Å². The van der Waals surface area contributed by atoms with Crippen molar-refractivity contribution in [2.24, 2.45) is 0 Å². The summed E-state index contributed by atoms with van der Waals surface area (Å²) in [6.45, 7) is 3.90. The number of aryl methyl sites for hydroxylation is 1. The SMILES string of the molecule is CCCc1cc(C(=O)NCC(C)(O)c2ccsc2)n[nH]1. The van der Waals surface area contributed by atoms with Gasteiger partial charge in [0, 0.05) is 5.69 Å². The van der Waals surface area contributed by atoms with Crippen molar-refractivity contribution < 1.29 is 9.90 Å². The molecule has 0 fully saturated rings. The van der Waals surface area contributed by atoms with E-state index in [4.69, 9.17) is 0 Å². The number of rotatable bonds is 6. The third kappa shape index (κ3) is 3.46. The molecule has 0 aromatic carbocycles. The number of nitrogens with one attached hydrogen (secondary N) is 2. The monoisotopic (exact) mass is 293 g/mol. The number of nitrogens with zero attached hydrogens (tertiary/aromatic N) is 1. The number of H-pyrrole nitrogens is 1. The van der Waals surface area contributed by atoms with Crippen LogP contribution in [0.25, 0.3) is 0 Å². The fourth-order valence-corrected chi connectivity index (χ4v) is 2.67. The Labute approximate surface area is 122 Å². The van der Waals surface area contributed by atoms with Gasteiger partial charge in [-0.1, -0.05) is 13.3 Å². The van der Waals surface area contributed by atoms with Crippen LogP contribution in [0.4, 0.5) is 0 Å². The van der Waals surface area contributed by atoms with Crippen molar-refractivity contribution in [2.75, 3.05) is 6.54 Å². The molecule has 1 unspecified atom stereocenters. The fourth-order valence-electron chi connectivity index (χ4n) is 1.89. The largest absolute Gasteiger partial charge is 0.384 e. The van der Waals surface area contributed by atoms with Crippen LogP contribution in [0.5, 0.6) is 0 Å². The van der Waals surface area contributed by atoms with E-state index >= 15 is 0 Å². The molecular weight excluding hydrogens is 274 g/mol. The van der Waals surface area contributed by atoms with Gasteiger partial charge in [0.1, 0.15) is 11.3 Å². The smallest absolute Gasteiger partial charge is 0.271 e. The van der Waals surface area contributed by atoms with Crippen LogP contribution >= 0.6 is 11.3 Å². The summed E-state index contributed by atoms with van der Waals surface area (Å²) >= 11 is 1.52. The number of amides is 1. The van der Waals surface area contributed by atoms with E-state index in [0.717, 1.165) is 24.1 Å². The Kier molecular flexibility index (Phi) is 4.57. The highest BCUT2D eigenvalue weighted by molar-refractivity contribution is 7.08. The number of aliphatic hydroxyl groups is 1. The van der Waals surface area contributed by atoms with Gasteiger partial charge in [-0.15, -0.1) is 0 Å². The molecule has 0 bridgehead atoms. The Morgan fingerprint density at radius 1 is 1.60 bits per heavy atom. The summed E-state index contributed by atoms with van der Waals surface area (Å²) in [5.74, 6) is -0.279. The molecule has 1 amide bonds. The molecule has 0 radical (unpaired) electrons. The van der Waals surface area contributed by atoms with Gasteiger partial charge in [0.25, 0.3) is 5.91 Å². The first kappa shape index (κ1) is 14.7. The van der Waals surface area contributed by atoms with E-state index in [0.29, 0.717) is 5.69 Å². The lowest BCUT2D eigenvalue weighted by atomic mass is 9.99. The minimum absolute atomic E-state index is 0.151. The predicted molar refractivity (Wildman–Crippen MR) is 78.8 cm³/mol. The predicted octanol–water partition coefficient (Wildman–Crippen LogP) is 2.06. The van der Waals surface area contributed by atoms with E-state index in [2.05, 4.69) is 22.4 Å². The molecule has 108 valence electrons. The Hall–Kier alpha value is -1.66. The van der Waals surface area contributed by atoms with Gasteiger partial charge in [-0.3, -0.25) is 9.89 Å². The zero-order chi connectivity index (χ0) is 14.6. The molecule has 0 spiro atoms. The fraction of sp³-hybridized carbons (Fsp3) is 0.429. The van der Waals surface area contributed by atoms with Crippen LogP contribution in [0.2, 0.25) is 0 Å². The minimum Gasteiger partial charge on any atom is -0.384 e. The van der Waals surface area contributed by atoms with Crippen molar-refractivity contribution in [3.63, 3.8) is 0 Å². The molecule has 20 heavy (non-hydrogen) atoms. The highest BCUT2D eigenvalue weighted by Gasteiger charge is 2.24. The van der Waals surface area contributed by atoms with Crippen LogP contribution < -0.4 is 5.32 Å². The first-order chi connectivity index (χ1) is 9.53. The highest BCUT2D eigenvalue weighted by Crippen LogP contribution is 2.22. The number of aromatic nitrogens is 2. The Bertz CT molecular complexity index is 561. The first-order valence-corrected chi connectivity index (χ1v) is 7.54. The van der Waals surface area contributed by atoms with Crippen LogP contribution in [-0.4, -0.2) is 27.8 Å².